The Morgan fingerprint density at radius 2 is 1.91 bits per heavy atom. The van der Waals surface area contributed by atoms with E-state index in [-0.39, 0.29) is 43.7 Å². The van der Waals surface area contributed by atoms with E-state index in [2.05, 4.69) is 15.6 Å². The van der Waals surface area contributed by atoms with Crippen LogP contribution in [0.3, 0.4) is 0 Å². The number of aromatic amines is 1. The first-order valence-electron chi connectivity index (χ1n) is 10.4. The van der Waals surface area contributed by atoms with Crippen LogP contribution in [0.15, 0.2) is 36.4 Å². The van der Waals surface area contributed by atoms with E-state index in [0.29, 0.717) is 29.5 Å². The van der Waals surface area contributed by atoms with Crippen molar-refractivity contribution >= 4 is 45.0 Å². The lowest BCUT2D eigenvalue weighted by molar-refractivity contribution is -0.123. The van der Waals surface area contributed by atoms with Crippen molar-refractivity contribution in [1.29, 1.82) is 0 Å². The minimum atomic E-state index is -0.377. The molecule has 0 saturated heterocycles. The van der Waals surface area contributed by atoms with E-state index < -0.39 is 0 Å². The number of amides is 2. The minimum Gasteiger partial charge on any atom is -0.395 e. The number of nitrogens with zero attached hydrogens (tertiary/aromatic N) is 1. The van der Waals surface area contributed by atoms with Crippen LogP contribution in [0.25, 0.3) is 10.2 Å². The molecular weight excluding hydrogens is 452 g/mol. The van der Waals surface area contributed by atoms with E-state index in [0.717, 1.165) is 21.3 Å². The van der Waals surface area contributed by atoms with Gasteiger partial charge in [0.05, 0.1) is 36.2 Å². The molecule has 3 aromatic rings. The van der Waals surface area contributed by atoms with Crippen LogP contribution in [0, 0.1) is 0 Å². The van der Waals surface area contributed by atoms with E-state index in [4.69, 9.17) is 11.6 Å². The number of benzene rings is 1. The molecule has 1 aliphatic rings. The Hall–Kier alpha value is -2.43. The van der Waals surface area contributed by atoms with Gasteiger partial charge in [-0.3, -0.25) is 14.5 Å². The highest BCUT2D eigenvalue weighted by Crippen LogP contribution is 2.32. The van der Waals surface area contributed by atoms with Crippen molar-refractivity contribution in [2.24, 2.45) is 0 Å². The number of aliphatic hydroxyl groups excluding tert-OH is 2. The number of aliphatic hydroxyl groups is 2. The average molecular weight is 477 g/mol. The molecule has 4 rings (SSSR count). The number of H-pyrrole nitrogens is 1. The van der Waals surface area contributed by atoms with E-state index in [1.165, 1.54) is 11.3 Å². The predicted molar refractivity (Wildman–Crippen MR) is 124 cm³/mol. The number of carbonyl (C=O) groups is 2. The molecule has 2 heterocycles. The van der Waals surface area contributed by atoms with Crippen molar-refractivity contribution in [3.63, 3.8) is 0 Å². The maximum Gasteiger partial charge on any atom is 0.268 e. The molecule has 0 fully saturated rings. The van der Waals surface area contributed by atoms with Crippen LogP contribution in [0.1, 0.15) is 27.7 Å². The number of nitrogens with one attached hydrogen (secondary N) is 3. The number of halogens is 1. The molecule has 0 radical (unpaired) electrons. The third-order valence-electron chi connectivity index (χ3n) is 5.59. The number of rotatable bonds is 9. The highest BCUT2D eigenvalue weighted by molar-refractivity contribution is 7.22. The zero-order valence-electron chi connectivity index (χ0n) is 17.3. The molecule has 0 saturated carbocycles. The van der Waals surface area contributed by atoms with E-state index in [9.17, 15) is 19.8 Å². The van der Waals surface area contributed by atoms with Gasteiger partial charge in [-0.15, -0.1) is 11.3 Å². The Balaban J connectivity index is 1.48. The summed E-state index contributed by atoms with van der Waals surface area (Å²) in [5, 5.41) is 25.3. The van der Waals surface area contributed by atoms with Gasteiger partial charge in [0.1, 0.15) is 10.5 Å². The summed E-state index contributed by atoms with van der Waals surface area (Å²) in [6.45, 7) is 0.439. The molecule has 1 aliphatic carbocycles. The van der Waals surface area contributed by atoms with Crippen molar-refractivity contribution in [2.75, 3.05) is 32.8 Å². The second-order valence-corrected chi connectivity index (χ2v) is 9.45. The second-order valence-electron chi connectivity index (χ2n) is 7.77. The van der Waals surface area contributed by atoms with Gasteiger partial charge >= 0.3 is 0 Å². The van der Waals surface area contributed by atoms with Crippen molar-refractivity contribution in [1.82, 2.24) is 20.5 Å². The van der Waals surface area contributed by atoms with Crippen LogP contribution in [0.4, 0.5) is 0 Å². The third-order valence-corrected chi connectivity index (χ3v) is 6.78. The predicted octanol–water partition coefficient (Wildman–Crippen LogP) is 1.68. The first-order valence-corrected chi connectivity index (χ1v) is 11.6. The summed E-state index contributed by atoms with van der Waals surface area (Å²) in [7, 11) is 0. The van der Waals surface area contributed by atoms with Crippen LogP contribution in [-0.4, -0.2) is 70.8 Å². The van der Waals surface area contributed by atoms with E-state index in [1.807, 2.05) is 30.3 Å². The number of carbonyl (C=O) groups excluding carboxylic acids is 2. The summed E-state index contributed by atoms with van der Waals surface area (Å²) in [6, 6.07) is 10.7. The SMILES string of the molecule is O=C(CN(CCO)CCO)N[C@@H]1c2ccccc2C[C@H]1NC(=O)c1cc2cc(Cl)sc2[nH]1. The Labute approximate surface area is 194 Å². The fourth-order valence-electron chi connectivity index (χ4n) is 4.14. The third kappa shape index (κ3) is 4.97. The Kier molecular flexibility index (Phi) is 7.12. The van der Waals surface area contributed by atoms with Gasteiger partial charge in [-0.1, -0.05) is 35.9 Å². The first kappa shape index (κ1) is 22.8. The standard InChI is InChI=1S/C22H25ClN4O4S/c23-18-11-14-10-17(25-22(14)32-18)21(31)24-16-9-13-3-1-2-4-15(13)20(16)26-19(30)12-27(5-7-28)6-8-29/h1-4,10-11,16,20,25,28-29H,5-9,12H2,(H,24,31)(H,26,30)/t16-,20-/m1/s1. The van der Waals surface area contributed by atoms with Crippen LogP contribution in [0.2, 0.25) is 4.34 Å². The summed E-state index contributed by atoms with van der Waals surface area (Å²) < 4.78 is 0.656. The highest BCUT2D eigenvalue weighted by Gasteiger charge is 2.35. The lowest BCUT2D eigenvalue weighted by Crippen LogP contribution is -2.47. The molecule has 0 bridgehead atoms. The summed E-state index contributed by atoms with van der Waals surface area (Å²) >= 11 is 7.39. The van der Waals surface area contributed by atoms with E-state index in [1.54, 1.807) is 11.0 Å². The summed E-state index contributed by atoms with van der Waals surface area (Å²) in [6.07, 6.45) is 0.602. The van der Waals surface area contributed by atoms with Gasteiger partial charge < -0.3 is 25.8 Å². The Bertz CT molecular complexity index is 1080. The van der Waals surface area contributed by atoms with Crippen LogP contribution in [0.5, 0.6) is 0 Å². The molecule has 10 heteroatoms. The largest absolute Gasteiger partial charge is 0.395 e. The molecule has 0 aliphatic heterocycles. The molecule has 2 amide bonds. The van der Waals surface area contributed by atoms with Gasteiger partial charge in [0.25, 0.3) is 5.91 Å². The van der Waals surface area contributed by atoms with Gasteiger partial charge in [0, 0.05) is 18.5 Å². The van der Waals surface area contributed by atoms with Gasteiger partial charge in [-0.05, 0) is 29.7 Å². The number of hydrogen-bond acceptors (Lipinski definition) is 6. The van der Waals surface area contributed by atoms with Crippen molar-refractivity contribution < 1.29 is 19.8 Å². The minimum absolute atomic E-state index is 0.0497. The monoisotopic (exact) mass is 476 g/mol. The molecule has 1 aromatic carbocycles. The number of thiophene rings is 1. The van der Waals surface area contributed by atoms with Crippen LogP contribution in [-0.2, 0) is 11.2 Å². The van der Waals surface area contributed by atoms with Crippen molar-refractivity contribution in [3.05, 3.63) is 57.6 Å². The van der Waals surface area contributed by atoms with Gasteiger partial charge in [-0.2, -0.15) is 0 Å². The van der Waals surface area contributed by atoms with Gasteiger partial charge in [0.2, 0.25) is 5.91 Å². The fraction of sp³-hybridized carbons (Fsp3) is 0.364. The molecule has 0 spiro atoms. The van der Waals surface area contributed by atoms with E-state index >= 15 is 0 Å². The quantitative estimate of drug-likeness (QED) is 0.322. The van der Waals surface area contributed by atoms with Crippen LogP contribution >= 0.6 is 22.9 Å². The van der Waals surface area contributed by atoms with Crippen molar-refractivity contribution in [3.8, 4) is 0 Å². The molecule has 2 atom stereocenters. The lowest BCUT2D eigenvalue weighted by atomic mass is 10.1. The number of hydrogen-bond donors (Lipinski definition) is 5. The van der Waals surface area contributed by atoms with Crippen LogP contribution < -0.4 is 10.6 Å². The first-order chi connectivity index (χ1) is 15.5. The molecule has 32 heavy (non-hydrogen) atoms. The summed E-state index contributed by atoms with van der Waals surface area (Å²) in [5.41, 5.74) is 2.49. The topological polar surface area (TPSA) is 118 Å². The Morgan fingerprint density at radius 3 is 2.62 bits per heavy atom. The fourth-order valence-corrected chi connectivity index (χ4v) is 5.27. The zero-order chi connectivity index (χ0) is 22.7. The smallest absolute Gasteiger partial charge is 0.268 e. The van der Waals surface area contributed by atoms with Gasteiger partial charge in [-0.25, -0.2) is 0 Å². The number of aromatic nitrogens is 1. The lowest BCUT2D eigenvalue weighted by Gasteiger charge is -2.25. The zero-order valence-corrected chi connectivity index (χ0v) is 18.9. The molecular formula is C22H25ClN4O4S. The Morgan fingerprint density at radius 1 is 1.16 bits per heavy atom. The molecule has 2 aromatic heterocycles. The molecule has 0 unspecified atom stereocenters. The second kappa shape index (κ2) is 10.0. The molecule has 5 N–H and O–H groups in total. The summed E-state index contributed by atoms with van der Waals surface area (Å²) in [5.74, 6) is -0.480. The van der Waals surface area contributed by atoms with Gasteiger partial charge in [0.15, 0.2) is 0 Å². The molecule has 170 valence electrons. The highest BCUT2D eigenvalue weighted by atomic mass is 35.5. The summed E-state index contributed by atoms with van der Waals surface area (Å²) in [4.78, 5) is 31.3. The average Bonchev–Trinajstić information content (AvgIpc) is 3.40. The molecule has 8 nitrogen and oxygen atoms in total. The maximum atomic E-state index is 12.9. The van der Waals surface area contributed by atoms with Crippen molar-refractivity contribution in [2.45, 2.75) is 18.5 Å². The maximum absolute atomic E-state index is 12.9. The number of fused-ring (bicyclic) bond motifs is 2. The normalized spacial score (nSPS) is 17.6.